The maximum absolute atomic E-state index is 12.6. The molecule has 0 amide bonds. The van der Waals surface area contributed by atoms with Crippen molar-refractivity contribution in [2.75, 3.05) is 19.4 Å². The maximum Gasteiger partial charge on any atom is 0.331 e. The smallest absolute Gasteiger partial charge is 0.331 e. The second kappa shape index (κ2) is 6.85. The molecule has 0 bridgehead atoms. The summed E-state index contributed by atoms with van der Waals surface area (Å²) in [5.41, 5.74) is 0. The van der Waals surface area contributed by atoms with Crippen molar-refractivity contribution in [3.8, 4) is 0 Å². The Kier molecular flexibility index (Phi) is 5.71. The zero-order chi connectivity index (χ0) is 16.5. The molecule has 0 aromatic heterocycles. The first-order valence-electron chi connectivity index (χ1n) is 7.78. The molecule has 0 spiro atoms. The van der Waals surface area contributed by atoms with Crippen molar-refractivity contribution in [2.24, 2.45) is 5.92 Å². The second-order valence-corrected chi connectivity index (χ2v) is 8.27. The minimum Gasteiger partial charge on any atom is -0.387 e. The summed E-state index contributed by atoms with van der Waals surface area (Å²) in [4.78, 5) is 0. The first-order chi connectivity index (χ1) is 10.2. The Balaban J connectivity index is 1.99. The Morgan fingerprint density at radius 2 is 1.82 bits per heavy atom. The first kappa shape index (κ1) is 18.3. The molecule has 1 N–H and O–H groups in total. The molecule has 0 saturated carbocycles. The van der Waals surface area contributed by atoms with Gasteiger partial charge in [-0.05, 0) is 33.6 Å². The lowest BCUT2D eigenvalue weighted by Gasteiger charge is -2.28. The van der Waals surface area contributed by atoms with Gasteiger partial charge in [-0.15, -0.1) is 0 Å². The fourth-order valence-corrected chi connectivity index (χ4v) is 4.96. The lowest BCUT2D eigenvalue weighted by Crippen LogP contribution is -2.38. The van der Waals surface area contributed by atoms with E-state index in [1.807, 2.05) is 6.92 Å². The van der Waals surface area contributed by atoms with E-state index in [1.165, 1.54) is 0 Å². The normalized spacial score (nSPS) is 35.5. The van der Waals surface area contributed by atoms with Crippen LogP contribution in [0.15, 0.2) is 0 Å². The lowest BCUT2D eigenvalue weighted by molar-refractivity contribution is -0.219. The summed E-state index contributed by atoms with van der Waals surface area (Å²) in [6.07, 6.45) is -2.31. The van der Waals surface area contributed by atoms with Crippen LogP contribution in [0.3, 0.4) is 0 Å². The number of hydrogen-bond acceptors (Lipinski definition) is 7. The van der Waals surface area contributed by atoms with Crippen molar-refractivity contribution < 1.29 is 32.9 Å². The largest absolute Gasteiger partial charge is 0.387 e. The summed E-state index contributed by atoms with van der Waals surface area (Å²) >= 11 is 0. The van der Waals surface area contributed by atoms with Crippen molar-refractivity contribution in [1.82, 2.24) is 0 Å². The zero-order valence-corrected chi connectivity index (χ0v) is 14.7. The lowest BCUT2D eigenvalue weighted by atomic mass is 10.0. The fraction of sp³-hybridized carbons (Fsp3) is 1.00. The zero-order valence-electron chi connectivity index (χ0n) is 13.9. The Bertz CT molecular complexity index is 417. The quantitative estimate of drug-likeness (QED) is 0.712. The number of ether oxygens (including phenoxy) is 3. The van der Waals surface area contributed by atoms with Crippen LogP contribution in [0.5, 0.6) is 0 Å². The van der Waals surface area contributed by atoms with Crippen LogP contribution in [0, 0.1) is 5.92 Å². The van der Waals surface area contributed by atoms with Crippen LogP contribution < -0.4 is 0 Å². The Morgan fingerprint density at radius 3 is 2.32 bits per heavy atom. The van der Waals surface area contributed by atoms with Gasteiger partial charge in [-0.25, -0.2) is 0 Å². The highest BCUT2D eigenvalue weighted by atomic mass is 31.2. The van der Waals surface area contributed by atoms with Gasteiger partial charge in [-0.3, -0.25) is 4.57 Å². The molecule has 0 radical (unpaired) electrons. The number of fused-ring (bicyclic) bond motifs is 1. The van der Waals surface area contributed by atoms with Crippen molar-refractivity contribution in [1.29, 1.82) is 0 Å². The Morgan fingerprint density at radius 1 is 1.23 bits per heavy atom. The molecule has 2 aliphatic rings. The van der Waals surface area contributed by atoms with E-state index in [0.717, 1.165) is 0 Å². The summed E-state index contributed by atoms with van der Waals surface area (Å²) in [5, 5.41) is 10.4. The SMILES string of the molecule is CCOP(=O)(C[C@@H](C)C1OC2OC(C)(C)O[C@@H]2[C@@H]1O)OCC. The van der Waals surface area contributed by atoms with Gasteiger partial charge in [0.05, 0.1) is 25.5 Å². The predicted octanol–water partition coefficient (Wildman–Crippen LogP) is 2.13. The molecule has 130 valence electrons. The van der Waals surface area contributed by atoms with Gasteiger partial charge in [0.25, 0.3) is 0 Å². The van der Waals surface area contributed by atoms with Gasteiger partial charge in [0, 0.05) is 0 Å². The third-order valence-corrected chi connectivity index (χ3v) is 6.10. The number of aliphatic hydroxyl groups is 1. The molecule has 2 heterocycles. The van der Waals surface area contributed by atoms with Gasteiger partial charge in [0.1, 0.15) is 12.2 Å². The van der Waals surface area contributed by atoms with Gasteiger partial charge in [0.2, 0.25) is 0 Å². The number of hydrogen-bond donors (Lipinski definition) is 1. The maximum atomic E-state index is 12.6. The summed E-state index contributed by atoms with van der Waals surface area (Å²) < 4.78 is 40.2. The van der Waals surface area contributed by atoms with Crippen molar-refractivity contribution in [3.63, 3.8) is 0 Å². The topological polar surface area (TPSA) is 83.5 Å². The minimum atomic E-state index is -3.18. The summed E-state index contributed by atoms with van der Waals surface area (Å²) in [5.74, 6) is -0.990. The van der Waals surface area contributed by atoms with Crippen LogP contribution in [0.1, 0.15) is 34.6 Å². The second-order valence-electron chi connectivity index (χ2n) is 6.17. The third-order valence-electron chi connectivity index (χ3n) is 3.78. The molecule has 2 fully saturated rings. The van der Waals surface area contributed by atoms with E-state index in [0.29, 0.717) is 13.2 Å². The summed E-state index contributed by atoms with van der Waals surface area (Å²) in [6, 6.07) is 0. The molecule has 8 heteroatoms. The van der Waals surface area contributed by atoms with Gasteiger partial charge in [-0.1, -0.05) is 6.92 Å². The highest BCUT2D eigenvalue weighted by Crippen LogP contribution is 2.51. The van der Waals surface area contributed by atoms with Gasteiger partial charge >= 0.3 is 7.60 Å². The molecule has 2 rings (SSSR count). The van der Waals surface area contributed by atoms with Gasteiger partial charge in [0.15, 0.2) is 12.1 Å². The molecule has 2 saturated heterocycles. The van der Waals surface area contributed by atoms with E-state index in [9.17, 15) is 9.67 Å². The number of rotatable bonds is 7. The van der Waals surface area contributed by atoms with Crippen LogP contribution >= 0.6 is 7.60 Å². The Hall–Kier alpha value is -0.0100. The molecule has 22 heavy (non-hydrogen) atoms. The highest BCUT2D eigenvalue weighted by Gasteiger charge is 2.55. The average Bonchev–Trinajstić information content (AvgIpc) is 2.84. The molecule has 5 atom stereocenters. The van der Waals surface area contributed by atoms with Gasteiger partial charge in [-0.2, -0.15) is 0 Å². The molecule has 0 aromatic carbocycles. The van der Waals surface area contributed by atoms with E-state index in [4.69, 9.17) is 23.3 Å². The minimum absolute atomic E-state index is 0.180. The molecule has 7 nitrogen and oxygen atoms in total. The van der Waals surface area contributed by atoms with Gasteiger partial charge < -0.3 is 28.4 Å². The highest BCUT2D eigenvalue weighted by molar-refractivity contribution is 7.53. The van der Waals surface area contributed by atoms with Crippen LogP contribution in [-0.4, -0.2) is 54.9 Å². The summed E-state index contributed by atoms with van der Waals surface area (Å²) in [7, 11) is -3.18. The number of aliphatic hydroxyl groups excluding tert-OH is 1. The van der Waals surface area contributed by atoms with E-state index >= 15 is 0 Å². The monoisotopic (exact) mass is 338 g/mol. The van der Waals surface area contributed by atoms with Crippen LogP contribution in [0.25, 0.3) is 0 Å². The van der Waals surface area contributed by atoms with Crippen molar-refractivity contribution >= 4 is 7.60 Å². The van der Waals surface area contributed by atoms with Crippen LogP contribution in [0.2, 0.25) is 0 Å². The van der Waals surface area contributed by atoms with Crippen molar-refractivity contribution in [2.45, 2.75) is 65.0 Å². The fourth-order valence-electron chi connectivity index (χ4n) is 2.98. The van der Waals surface area contributed by atoms with E-state index in [2.05, 4.69) is 0 Å². The molecular formula is C14H27O7P. The predicted molar refractivity (Wildman–Crippen MR) is 79.6 cm³/mol. The molecule has 0 aromatic rings. The third kappa shape index (κ3) is 3.90. The molecule has 0 aliphatic carbocycles. The van der Waals surface area contributed by atoms with Crippen LogP contribution in [0.4, 0.5) is 0 Å². The first-order valence-corrected chi connectivity index (χ1v) is 9.51. The van der Waals surface area contributed by atoms with E-state index < -0.39 is 38.0 Å². The van der Waals surface area contributed by atoms with Crippen molar-refractivity contribution in [3.05, 3.63) is 0 Å². The average molecular weight is 338 g/mol. The van der Waals surface area contributed by atoms with Crippen LogP contribution in [-0.2, 0) is 27.8 Å². The molecule has 2 aliphatic heterocycles. The molecule has 2 unspecified atom stereocenters. The molecular weight excluding hydrogens is 311 g/mol. The summed E-state index contributed by atoms with van der Waals surface area (Å²) in [6.45, 7) is 9.56. The van der Waals surface area contributed by atoms with E-state index in [1.54, 1.807) is 27.7 Å². The van der Waals surface area contributed by atoms with E-state index in [-0.39, 0.29) is 12.1 Å². The standard InChI is InChI=1S/C14H27O7P/c1-6-17-22(16,18-7-2)8-9(3)11-10(15)12-13(19-11)21-14(4,5)20-12/h9-13,15H,6-8H2,1-5H3/t9-,10-,11?,12-,13?/m1/s1. The Labute approximate surface area is 131 Å².